The summed E-state index contributed by atoms with van der Waals surface area (Å²) in [4.78, 5) is 11.7. The lowest BCUT2D eigenvalue weighted by Crippen LogP contribution is -2.14. The summed E-state index contributed by atoms with van der Waals surface area (Å²) in [6.45, 7) is 6.22. The van der Waals surface area contributed by atoms with Crippen LogP contribution in [0.25, 0.3) is 0 Å². The molecular weight excluding hydrogens is 276 g/mol. The third-order valence-corrected chi connectivity index (χ3v) is 3.79. The number of aryl methyl sites for hydroxylation is 3. The molecule has 114 valence electrons. The van der Waals surface area contributed by atoms with E-state index in [9.17, 15) is 4.79 Å². The van der Waals surface area contributed by atoms with Crippen LogP contribution in [0.1, 0.15) is 29.5 Å². The first-order chi connectivity index (χ1) is 10.5. The van der Waals surface area contributed by atoms with Crippen LogP contribution in [0.2, 0.25) is 0 Å². The average molecular weight is 296 g/mol. The normalized spacial score (nSPS) is 13.8. The fourth-order valence-corrected chi connectivity index (χ4v) is 2.54. The number of aromatic nitrogens is 2. The second-order valence-corrected chi connectivity index (χ2v) is 5.97. The molecule has 5 nitrogen and oxygen atoms in total. The molecule has 1 aliphatic rings. The van der Waals surface area contributed by atoms with Gasteiger partial charge in [-0.15, -0.1) is 10.2 Å². The average Bonchev–Trinajstić information content (AvgIpc) is 3.29. The Morgan fingerprint density at radius 3 is 2.18 bits per heavy atom. The zero-order chi connectivity index (χ0) is 15.7. The SMILES string of the molecule is Cc1cc(C)c(Nc2ccc(NC(=O)C3CC3)nn2)c(C)c1. The molecule has 1 heterocycles. The molecule has 5 heteroatoms. The molecule has 1 aromatic carbocycles. The molecule has 22 heavy (non-hydrogen) atoms. The van der Waals surface area contributed by atoms with Crippen LogP contribution >= 0.6 is 0 Å². The first-order valence-electron chi connectivity index (χ1n) is 7.52. The van der Waals surface area contributed by atoms with Gasteiger partial charge in [0, 0.05) is 11.6 Å². The fourth-order valence-electron chi connectivity index (χ4n) is 2.54. The van der Waals surface area contributed by atoms with Crippen molar-refractivity contribution >= 4 is 23.2 Å². The Bertz CT molecular complexity index is 682. The minimum absolute atomic E-state index is 0.0419. The molecule has 1 amide bonds. The van der Waals surface area contributed by atoms with Gasteiger partial charge in [-0.25, -0.2) is 0 Å². The van der Waals surface area contributed by atoms with E-state index in [1.54, 1.807) is 6.07 Å². The van der Waals surface area contributed by atoms with Gasteiger partial charge in [0.2, 0.25) is 5.91 Å². The molecule has 1 fully saturated rings. The van der Waals surface area contributed by atoms with Gasteiger partial charge >= 0.3 is 0 Å². The Kier molecular flexibility index (Phi) is 3.79. The molecule has 2 N–H and O–H groups in total. The lowest BCUT2D eigenvalue weighted by atomic mass is 10.1. The van der Waals surface area contributed by atoms with Crippen LogP contribution in [0.15, 0.2) is 24.3 Å². The second kappa shape index (κ2) is 5.75. The zero-order valence-corrected chi connectivity index (χ0v) is 13.1. The lowest BCUT2D eigenvalue weighted by Gasteiger charge is -2.13. The van der Waals surface area contributed by atoms with E-state index >= 15 is 0 Å². The molecule has 1 aromatic heterocycles. The van der Waals surface area contributed by atoms with E-state index in [0.717, 1.165) is 18.5 Å². The molecule has 0 radical (unpaired) electrons. The summed E-state index contributed by atoms with van der Waals surface area (Å²) in [7, 11) is 0. The van der Waals surface area contributed by atoms with Gasteiger partial charge < -0.3 is 10.6 Å². The van der Waals surface area contributed by atoms with Crippen molar-refractivity contribution < 1.29 is 4.79 Å². The molecule has 3 rings (SSSR count). The van der Waals surface area contributed by atoms with E-state index < -0.39 is 0 Å². The molecule has 0 saturated heterocycles. The number of rotatable bonds is 4. The molecule has 0 spiro atoms. The van der Waals surface area contributed by atoms with Crippen LogP contribution < -0.4 is 10.6 Å². The minimum Gasteiger partial charge on any atom is -0.338 e. The largest absolute Gasteiger partial charge is 0.338 e. The van der Waals surface area contributed by atoms with E-state index in [1.807, 2.05) is 6.07 Å². The molecule has 0 unspecified atom stereocenters. The Morgan fingerprint density at radius 2 is 1.64 bits per heavy atom. The Balaban J connectivity index is 1.72. The van der Waals surface area contributed by atoms with Crippen LogP contribution in [-0.4, -0.2) is 16.1 Å². The van der Waals surface area contributed by atoms with Gasteiger partial charge in [-0.1, -0.05) is 17.7 Å². The van der Waals surface area contributed by atoms with Crippen molar-refractivity contribution in [1.29, 1.82) is 0 Å². The van der Waals surface area contributed by atoms with Crippen molar-refractivity contribution in [2.75, 3.05) is 10.6 Å². The van der Waals surface area contributed by atoms with Crippen molar-refractivity contribution in [3.8, 4) is 0 Å². The van der Waals surface area contributed by atoms with Gasteiger partial charge in [-0.2, -0.15) is 0 Å². The highest BCUT2D eigenvalue weighted by Crippen LogP contribution is 2.30. The van der Waals surface area contributed by atoms with Crippen molar-refractivity contribution in [1.82, 2.24) is 10.2 Å². The predicted octanol–water partition coefficient (Wildman–Crippen LogP) is 3.49. The maximum atomic E-state index is 11.7. The number of anilines is 3. The van der Waals surface area contributed by atoms with Gasteiger partial charge in [0.15, 0.2) is 11.6 Å². The van der Waals surface area contributed by atoms with E-state index in [2.05, 4.69) is 53.7 Å². The Morgan fingerprint density at radius 1 is 1.05 bits per heavy atom. The van der Waals surface area contributed by atoms with E-state index in [4.69, 9.17) is 0 Å². The molecule has 0 atom stereocenters. The number of nitrogens with zero attached hydrogens (tertiary/aromatic N) is 2. The molecule has 1 saturated carbocycles. The smallest absolute Gasteiger partial charge is 0.228 e. The maximum Gasteiger partial charge on any atom is 0.228 e. The van der Waals surface area contributed by atoms with E-state index in [0.29, 0.717) is 11.6 Å². The van der Waals surface area contributed by atoms with Gasteiger partial charge in [0.05, 0.1) is 0 Å². The number of hydrogen-bond donors (Lipinski definition) is 2. The number of carbonyl (C=O) groups is 1. The summed E-state index contributed by atoms with van der Waals surface area (Å²) >= 11 is 0. The third kappa shape index (κ3) is 3.24. The molecule has 0 bridgehead atoms. The van der Waals surface area contributed by atoms with Gasteiger partial charge in [0.25, 0.3) is 0 Å². The summed E-state index contributed by atoms with van der Waals surface area (Å²) in [5.41, 5.74) is 4.63. The number of nitrogens with one attached hydrogen (secondary N) is 2. The number of carbonyl (C=O) groups excluding carboxylic acids is 1. The van der Waals surface area contributed by atoms with Crippen molar-refractivity contribution in [3.63, 3.8) is 0 Å². The monoisotopic (exact) mass is 296 g/mol. The van der Waals surface area contributed by atoms with E-state index in [1.165, 1.54) is 16.7 Å². The fraction of sp³-hybridized carbons (Fsp3) is 0.353. The summed E-state index contributed by atoms with van der Waals surface area (Å²) in [5.74, 6) is 1.37. The highest BCUT2D eigenvalue weighted by atomic mass is 16.2. The predicted molar refractivity (Wildman–Crippen MR) is 87.3 cm³/mol. The third-order valence-electron chi connectivity index (χ3n) is 3.79. The Labute approximate surface area is 130 Å². The van der Waals surface area contributed by atoms with Crippen LogP contribution in [-0.2, 0) is 4.79 Å². The van der Waals surface area contributed by atoms with Crippen molar-refractivity contribution in [2.45, 2.75) is 33.6 Å². The second-order valence-electron chi connectivity index (χ2n) is 5.97. The Hall–Kier alpha value is -2.43. The summed E-state index contributed by atoms with van der Waals surface area (Å²) in [6, 6.07) is 7.86. The molecule has 1 aliphatic carbocycles. The lowest BCUT2D eigenvalue weighted by molar-refractivity contribution is -0.117. The topological polar surface area (TPSA) is 66.9 Å². The van der Waals surface area contributed by atoms with Crippen LogP contribution in [0.3, 0.4) is 0 Å². The van der Waals surface area contributed by atoms with Crippen molar-refractivity contribution in [3.05, 3.63) is 41.0 Å². The van der Waals surface area contributed by atoms with Gasteiger partial charge in [-0.3, -0.25) is 4.79 Å². The van der Waals surface area contributed by atoms with Crippen LogP contribution in [0.5, 0.6) is 0 Å². The summed E-state index contributed by atoms with van der Waals surface area (Å²) in [6.07, 6.45) is 1.95. The zero-order valence-electron chi connectivity index (χ0n) is 13.1. The maximum absolute atomic E-state index is 11.7. The van der Waals surface area contributed by atoms with Crippen molar-refractivity contribution in [2.24, 2.45) is 5.92 Å². The highest BCUT2D eigenvalue weighted by Gasteiger charge is 2.29. The molecular formula is C17H20N4O. The first kappa shape index (κ1) is 14.5. The first-order valence-corrected chi connectivity index (χ1v) is 7.52. The summed E-state index contributed by atoms with van der Waals surface area (Å²) in [5, 5.41) is 14.3. The van der Waals surface area contributed by atoms with Gasteiger partial charge in [0.1, 0.15) is 0 Å². The quantitative estimate of drug-likeness (QED) is 0.906. The van der Waals surface area contributed by atoms with E-state index in [-0.39, 0.29) is 11.8 Å². The van der Waals surface area contributed by atoms with Crippen LogP contribution in [0.4, 0.5) is 17.3 Å². The number of benzene rings is 1. The minimum atomic E-state index is 0.0419. The number of hydrogen-bond acceptors (Lipinski definition) is 4. The molecule has 0 aliphatic heterocycles. The number of amides is 1. The standard InChI is InChI=1S/C17H20N4O/c1-10-8-11(2)16(12(3)9-10)18-14-6-7-15(21-20-14)19-17(22)13-4-5-13/h6-9,13H,4-5H2,1-3H3,(H,18,20)(H,19,21,22). The van der Waals surface area contributed by atoms with Gasteiger partial charge in [-0.05, 0) is 56.9 Å². The highest BCUT2D eigenvalue weighted by molar-refractivity contribution is 5.93. The van der Waals surface area contributed by atoms with Crippen LogP contribution in [0, 0.1) is 26.7 Å². The summed E-state index contributed by atoms with van der Waals surface area (Å²) < 4.78 is 0. The molecule has 2 aromatic rings.